The van der Waals surface area contributed by atoms with Gasteiger partial charge in [0.2, 0.25) is 0 Å². The zero-order valence-corrected chi connectivity index (χ0v) is 13.3. The van der Waals surface area contributed by atoms with E-state index in [0.717, 1.165) is 0 Å². The van der Waals surface area contributed by atoms with Gasteiger partial charge >= 0.3 is 5.97 Å². The lowest BCUT2D eigenvalue weighted by Crippen LogP contribution is -2.48. The van der Waals surface area contributed by atoms with Gasteiger partial charge < -0.3 is 14.7 Å². The lowest BCUT2D eigenvalue weighted by atomic mass is 10.1. The van der Waals surface area contributed by atoms with Crippen molar-refractivity contribution in [1.29, 1.82) is 0 Å². The van der Waals surface area contributed by atoms with E-state index in [1.54, 1.807) is 24.1 Å². The molecule has 1 N–H and O–H groups in total. The molecule has 0 bridgehead atoms. The maximum Gasteiger partial charge on any atom is 0.317 e. The second-order valence-corrected chi connectivity index (χ2v) is 5.72. The van der Waals surface area contributed by atoms with Crippen LogP contribution in [-0.2, 0) is 9.53 Å². The first-order valence-electron chi connectivity index (χ1n) is 7.45. The molecule has 0 aromatic heterocycles. The zero-order chi connectivity index (χ0) is 17.0. The van der Waals surface area contributed by atoms with Crippen LogP contribution in [0.15, 0.2) is 18.2 Å². The minimum Gasteiger partial charge on any atom is -0.480 e. The number of Topliss-reactive ketones (excluding diaryl/α,β-unsaturated/α-hetero) is 1. The van der Waals surface area contributed by atoms with E-state index in [4.69, 9.17) is 9.84 Å². The van der Waals surface area contributed by atoms with Gasteiger partial charge in [-0.3, -0.25) is 14.5 Å². The molecule has 23 heavy (non-hydrogen) atoms. The Morgan fingerprint density at radius 1 is 1.48 bits per heavy atom. The van der Waals surface area contributed by atoms with Gasteiger partial charge in [0.15, 0.2) is 5.78 Å². The summed E-state index contributed by atoms with van der Waals surface area (Å²) in [6.07, 6.45) is -0.198. The number of morpholine rings is 1. The number of likely N-dealkylation sites (N-methyl/N-ethyl adjacent to an activating group) is 1. The van der Waals surface area contributed by atoms with Gasteiger partial charge in [0.05, 0.1) is 30.5 Å². The first kappa shape index (κ1) is 17.4. The van der Waals surface area contributed by atoms with E-state index in [2.05, 4.69) is 0 Å². The third-order valence-electron chi connectivity index (χ3n) is 3.74. The molecule has 1 aliphatic rings. The van der Waals surface area contributed by atoms with E-state index < -0.39 is 11.8 Å². The van der Waals surface area contributed by atoms with Crippen LogP contribution in [0.25, 0.3) is 0 Å². The molecular formula is C16H21FN2O4. The lowest BCUT2D eigenvalue weighted by molar-refractivity contribution is -0.138. The number of nitrogens with zero attached hydrogens (tertiary/aromatic N) is 2. The number of anilines is 1. The first-order valence-corrected chi connectivity index (χ1v) is 7.45. The first-order chi connectivity index (χ1) is 10.9. The van der Waals surface area contributed by atoms with Crippen molar-refractivity contribution in [2.45, 2.75) is 13.0 Å². The quantitative estimate of drug-likeness (QED) is 0.794. The molecular weight excluding hydrogens is 303 g/mol. The highest BCUT2D eigenvalue weighted by Gasteiger charge is 2.25. The SMILES string of the molecule is CC(=O)c1c(F)cccc1N1CCOC(CN(C)CC(=O)O)C1. The number of benzene rings is 1. The van der Waals surface area contributed by atoms with Crippen LogP contribution in [0.3, 0.4) is 0 Å². The molecule has 1 aliphatic heterocycles. The number of rotatable bonds is 6. The number of hydrogen-bond acceptors (Lipinski definition) is 5. The van der Waals surface area contributed by atoms with Crippen LogP contribution in [0.2, 0.25) is 0 Å². The Labute approximate surface area is 134 Å². The molecule has 0 radical (unpaired) electrons. The average molecular weight is 324 g/mol. The van der Waals surface area contributed by atoms with Crippen molar-refractivity contribution in [1.82, 2.24) is 4.90 Å². The third kappa shape index (κ3) is 4.49. The van der Waals surface area contributed by atoms with E-state index >= 15 is 0 Å². The second-order valence-electron chi connectivity index (χ2n) is 5.72. The maximum absolute atomic E-state index is 14.0. The molecule has 0 spiro atoms. The van der Waals surface area contributed by atoms with E-state index in [1.165, 1.54) is 13.0 Å². The summed E-state index contributed by atoms with van der Waals surface area (Å²) in [4.78, 5) is 26.0. The van der Waals surface area contributed by atoms with Crippen molar-refractivity contribution in [2.24, 2.45) is 0 Å². The summed E-state index contributed by atoms with van der Waals surface area (Å²) in [5, 5.41) is 8.80. The summed E-state index contributed by atoms with van der Waals surface area (Å²) in [6, 6.07) is 4.58. The highest BCUT2D eigenvalue weighted by Crippen LogP contribution is 2.25. The number of carboxylic acids is 1. The van der Waals surface area contributed by atoms with Gasteiger partial charge in [0, 0.05) is 19.6 Å². The third-order valence-corrected chi connectivity index (χ3v) is 3.74. The summed E-state index contributed by atoms with van der Waals surface area (Å²) >= 11 is 0. The molecule has 1 saturated heterocycles. The van der Waals surface area contributed by atoms with Crippen molar-refractivity contribution in [3.05, 3.63) is 29.6 Å². The van der Waals surface area contributed by atoms with E-state index in [-0.39, 0.29) is 24.0 Å². The molecule has 7 heteroatoms. The zero-order valence-electron chi connectivity index (χ0n) is 13.3. The summed E-state index contributed by atoms with van der Waals surface area (Å²) in [5.74, 6) is -1.74. The fourth-order valence-corrected chi connectivity index (χ4v) is 2.82. The molecule has 1 heterocycles. The normalized spacial score (nSPS) is 18.3. The Balaban J connectivity index is 2.11. The number of halogens is 1. The molecule has 2 rings (SSSR count). The van der Waals surface area contributed by atoms with E-state index in [1.807, 2.05) is 4.90 Å². The van der Waals surface area contributed by atoms with Crippen molar-refractivity contribution in [3.63, 3.8) is 0 Å². The molecule has 0 aliphatic carbocycles. The van der Waals surface area contributed by atoms with Crippen LogP contribution in [0.4, 0.5) is 10.1 Å². The van der Waals surface area contributed by atoms with Crippen molar-refractivity contribution in [3.8, 4) is 0 Å². The largest absolute Gasteiger partial charge is 0.480 e. The number of ether oxygens (including phenoxy) is 1. The lowest BCUT2D eigenvalue weighted by Gasteiger charge is -2.36. The summed E-state index contributed by atoms with van der Waals surface area (Å²) in [7, 11) is 1.71. The van der Waals surface area contributed by atoms with Crippen LogP contribution in [0.5, 0.6) is 0 Å². The van der Waals surface area contributed by atoms with Crippen LogP contribution in [-0.4, -0.2) is 67.7 Å². The molecule has 1 aromatic carbocycles. The van der Waals surface area contributed by atoms with Crippen molar-refractivity contribution in [2.75, 3.05) is 44.7 Å². The monoisotopic (exact) mass is 324 g/mol. The predicted molar refractivity (Wildman–Crippen MR) is 83.5 cm³/mol. The van der Waals surface area contributed by atoms with Crippen LogP contribution >= 0.6 is 0 Å². The molecule has 0 amide bonds. The van der Waals surface area contributed by atoms with Gasteiger partial charge in [-0.15, -0.1) is 0 Å². The Hall–Kier alpha value is -1.99. The van der Waals surface area contributed by atoms with E-state index in [0.29, 0.717) is 31.9 Å². The van der Waals surface area contributed by atoms with Crippen LogP contribution in [0.1, 0.15) is 17.3 Å². The van der Waals surface area contributed by atoms with Gasteiger partial charge in [-0.2, -0.15) is 0 Å². The summed E-state index contributed by atoms with van der Waals surface area (Å²) in [6.45, 7) is 3.21. The minimum atomic E-state index is -0.899. The number of carboxylic acid groups (broad SMARTS) is 1. The van der Waals surface area contributed by atoms with Crippen molar-refractivity contribution >= 4 is 17.4 Å². The Kier molecular flexibility index (Phi) is 5.68. The van der Waals surface area contributed by atoms with Gasteiger partial charge in [0.1, 0.15) is 5.82 Å². The van der Waals surface area contributed by atoms with E-state index in [9.17, 15) is 14.0 Å². The Morgan fingerprint density at radius 3 is 2.87 bits per heavy atom. The molecule has 1 unspecified atom stereocenters. The summed E-state index contributed by atoms with van der Waals surface area (Å²) in [5.41, 5.74) is 0.652. The molecule has 0 saturated carbocycles. The number of ketones is 1. The molecule has 1 aromatic rings. The Bertz CT molecular complexity index is 593. The molecule has 1 atom stereocenters. The second kappa shape index (κ2) is 7.52. The fraction of sp³-hybridized carbons (Fsp3) is 0.500. The average Bonchev–Trinajstić information content (AvgIpc) is 2.45. The molecule has 6 nitrogen and oxygen atoms in total. The smallest absolute Gasteiger partial charge is 0.317 e. The van der Waals surface area contributed by atoms with Gasteiger partial charge in [-0.1, -0.05) is 6.07 Å². The maximum atomic E-state index is 14.0. The predicted octanol–water partition coefficient (Wildman–Crippen LogP) is 1.25. The summed E-state index contributed by atoms with van der Waals surface area (Å²) < 4.78 is 19.6. The highest BCUT2D eigenvalue weighted by molar-refractivity contribution is 6.00. The number of aliphatic carboxylic acids is 1. The Morgan fingerprint density at radius 2 is 2.22 bits per heavy atom. The molecule has 1 fully saturated rings. The molecule has 126 valence electrons. The van der Waals surface area contributed by atoms with Crippen molar-refractivity contribution < 1.29 is 23.8 Å². The standard InChI is InChI=1S/C16H21FN2O4/c1-11(20)16-13(17)4-3-5-14(16)19-6-7-23-12(9-19)8-18(2)10-15(21)22/h3-5,12H,6-10H2,1-2H3,(H,21,22). The van der Waals surface area contributed by atoms with Gasteiger partial charge in [0.25, 0.3) is 0 Å². The highest BCUT2D eigenvalue weighted by atomic mass is 19.1. The van der Waals surface area contributed by atoms with Crippen LogP contribution in [0, 0.1) is 5.82 Å². The van der Waals surface area contributed by atoms with Gasteiger partial charge in [-0.25, -0.2) is 4.39 Å². The number of carbonyl (C=O) groups excluding carboxylic acids is 1. The topological polar surface area (TPSA) is 70.1 Å². The number of carbonyl (C=O) groups is 2. The number of hydrogen-bond donors (Lipinski definition) is 1. The van der Waals surface area contributed by atoms with Gasteiger partial charge in [-0.05, 0) is 26.1 Å². The minimum absolute atomic E-state index is 0.0709. The fourth-order valence-electron chi connectivity index (χ4n) is 2.82. The van der Waals surface area contributed by atoms with Crippen LogP contribution < -0.4 is 4.90 Å².